The number of fused-ring (bicyclic) bond motifs is 1. The molecule has 3 aliphatic heterocycles. The van der Waals surface area contributed by atoms with E-state index >= 15 is 0 Å². The van der Waals surface area contributed by atoms with Crippen LogP contribution in [-0.4, -0.2) is 70.5 Å². The Kier molecular flexibility index (Phi) is 5.91. The summed E-state index contributed by atoms with van der Waals surface area (Å²) in [5.41, 5.74) is 2.52. The fraction of sp³-hybridized carbons (Fsp3) is 0.364. The van der Waals surface area contributed by atoms with Gasteiger partial charge < -0.3 is 4.90 Å². The lowest BCUT2D eigenvalue weighted by molar-refractivity contribution is -0.123. The number of hydrogen-bond acceptors (Lipinski definition) is 6. The van der Waals surface area contributed by atoms with Gasteiger partial charge in [0.1, 0.15) is 0 Å². The highest BCUT2D eigenvalue weighted by Crippen LogP contribution is 2.27. The summed E-state index contributed by atoms with van der Waals surface area (Å²) in [4.78, 5) is 44.8. The van der Waals surface area contributed by atoms with E-state index in [4.69, 9.17) is 0 Å². The second-order valence-corrected chi connectivity index (χ2v) is 9.44. The summed E-state index contributed by atoms with van der Waals surface area (Å²) in [6.45, 7) is 4.13. The third-order valence-electron chi connectivity index (χ3n) is 6.18. The lowest BCUT2D eigenvalue weighted by Crippen LogP contribution is -2.56. The van der Waals surface area contributed by atoms with E-state index in [-0.39, 0.29) is 30.6 Å². The molecule has 2 aromatic rings. The van der Waals surface area contributed by atoms with Crippen LogP contribution in [0.25, 0.3) is 0 Å². The van der Waals surface area contributed by atoms with Crippen LogP contribution in [0, 0.1) is 9.39 Å². The summed E-state index contributed by atoms with van der Waals surface area (Å²) in [6.07, 6.45) is 1.80. The van der Waals surface area contributed by atoms with Gasteiger partial charge in [-0.15, -0.1) is 0 Å². The standard InChI is InChI=1S/C22H22FIN6O3/c23-19-17(24)3-5-25-20(19)28-9-7-27(8-10-28)12-14-1-2-16-15(11-14)13-30(21(16)32)29-6-4-18(31)26-22(29)33/h1-3,5,11H,4,6-10,12-13H2,(H,26,31,33). The molecule has 4 amide bonds. The maximum atomic E-state index is 14.4. The SMILES string of the molecule is O=C1CCN(N2Cc3cc(CN4CCN(c5nccc(I)c5F)CC4)ccc3C2=O)C(=O)N1. The molecule has 4 heterocycles. The molecule has 1 N–H and O–H groups in total. The van der Waals surface area contributed by atoms with Crippen LogP contribution in [0.4, 0.5) is 15.0 Å². The van der Waals surface area contributed by atoms with Crippen LogP contribution in [-0.2, 0) is 17.9 Å². The number of amides is 4. The zero-order valence-electron chi connectivity index (χ0n) is 17.8. The molecule has 2 fully saturated rings. The molecular formula is C22H22FIN6O3. The van der Waals surface area contributed by atoms with Crippen molar-refractivity contribution in [1.29, 1.82) is 0 Å². The zero-order chi connectivity index (χ0) is 23.1. The van der Waals surface area contributed by atoms with Crippen LogP contribution in [0.1, 0.15) is 27.9 Å². The Morgan fingerprint density at radius 1 is 1.03 bits per heavy atom. The Labute approximate surface area is 203 Å². The minimum absolute atomic E-state index is 0.171. The van der Waals surface area contributed by atoms with E-state index < -0.39 is 6.03 Å². The van der Waals surface area contributed by atoms with Crippen LogP contribution in [0.5, 0.6) is 0 Å². The average Bonchev–Trinajstić information content (AvgIpc) is 3.12. The van der Waals surface area contributed by atoms with E-state index in [1.165, 1.54) is 10.0 Å². The molecule has 0 bridgehead atoms. The van der Waals surface area contributed by atoms with Crippen LogP contribution in [0.2, 0.25) is 0 Å². The number of halogens is 2. The fourth-order valence-electron chi connectivity index (χ4n) is 4.44. The van der Waals surface area contributed by atoms with Crippen LogP contribution in [0.3, 0.4) is 0 Å². The highest BCUT2D eigenvalue weighted by Gasteiger charge is 2.37. The van der Waals surface area contributed by atoms with E-state index in [9.17, 15) is 18.8 Å². The second-order valence-electron chi connectivity index (χ2n) is 8.27. The Morgan fingerprint density at radius 3 is 2.58 bits per heavy atom. The summed E-state index contributed by atoms with van der Waals surface area (Å²) in [7, 11) is 0. The fourth-order valence-corrected chi connectivity index (χ4v) is 4.85. The van der Waals surface area contributed by atoms with Gasteiger partial charge in [-0.05, 0) is 45.9 Å². The number of carbonyl (C=O) groups is 3. The highest BCUT2D eigenvalue weighted by molar-refractivity contribution is 14.1. The van der Waals surface area contributed by atoms with Crippen LogP contribution in [0.15, 0.2) is 30.5 Å². The van der Waals surface area contributed by atoms with Gasteiger partial charge in [0.25, 0.3) is 5.91 Å². The van der Waals surface area contributed by atoms with Crippen LogP contribution < -0.4 is 10.2 Å². The minimum atomic E-state index is -0.565. The number of carbonyl (C=O) groups excluding carboxylic acids is 3. The largest absolute Gasteiger partial charge is 0.352 e. The van der Waals surface area contributed by atoms with Gasteiger partial charge in [0.05, 0.1) is 16.7 Å². The molecule has 0 spiro atoms. The van der Waals surface area contributed by atoms with Crippen molar-refractivity contribution in [3.63, 3.8) is 0 Å². The van der Waals surface area contributed by atoms with E-state index in [1.54, 1.807) is 12.3 Å². The Balaban J connectivity index is 1.22. The average molecular weight is 564 g/mol. The molecule has 33 heavy (non-hydrogen) atoms. The van der Waals surface area contributed by atoms with Gasteiger partial charge in [0.2, 0.25) is 5.91 Å². The van der Waals surface area contributed by atoms with Gasteiger partial charge >= 0.3 is 6.03 Å². The summed E-state index contributed by atoms with van der Waals surface area (Å²) in [6, 6.07) is 6.85. The smallest absolute Gasteiger partial charge is 0.342 e. The molecule has 0 aliphatic carbocycles. The zero-order valence-corrected chi connectivity index (χ0v) is 19.9. The van der Waals surface area contributed by atoms with Crippen molar-refractivity contribution in [3.05, 3.63) is 56.5 Å². The number of benzene rings is 1. The number of rotatable bonds is 4. The molecule has 1 aromatic heterocycles. The minimum Gasteiger partial charge on any atom is -0.352 e. The molecule has 172 valence electrons. The Hall–Kier alpha value is -2.80. The summed E-state index contributed by atoms with van der Waals surface area (Å²) < 4.78 is 15.0. The van der Waals surface area contributed by atoms with Crippen molar-refractivity contribution >= 4 is 46.3 Å². The first-order chi connectivity index (χ1) is 15.9. The number of pyridine rings is 1. The first-order valence-corrected chi connectivity index (χ1v) is 11.8. The maximum absolute atomic E-state index is 14.4. The molecule has 0 atom stereocenters. The molecule has 0 unspecified atom stereocenters. The van der Waals surface area contributed by atoms with E-state index in [0.717, 1.165) is 30.8 Å². The topological polar surface area (TPSA) is 89.1 Å². The van der Waals surface area contributed by atoms with Gasteiger partial charge in [-0.3, -0.25) is 19.8 Å². The lowest BCUT2D eigenvalue weighted by atomic mass is 10.1. The number of piperazine rings is 1. The number of hydrogen-bond donors (Lipinski definition) is 1. The summed E-state index contributed by atoms with van der Waals surface area (Å²) >= 11 is 1.98. The quantitative estimate of drug-likeness (QED) is 0.572. The molecule has 2 saturated heterocycles. The van der Waals surface area contributed by atoms with Gasteiger partial charge in [0, 0.05) is 50.9 Å². The van der Waals surface area contributed by atoms with E-state index in [0.29, 0.717) is 34.6 Å². The predicted octanol–water partition coefficient (Wildman–Crippen LogP) is 1.96. The third-order valence-corrected chi connectivity index (χ3v) is 7.01. The highest BCUT2D eigenvalue weighted by atomic mass is 127. The molecule has 1 aromatic carbocycles. The first kappa shape index (κ1) is 22.0. The molecule has 5 rings (SSSR count). The van der Waals surface area contributed by atoms with E-state index in [1.807, 2.05) is 45.7 Å². The molecular weight excluding hydrogens is 542 g/mol. The van der Waals surface area contributed by atoms with Gasteiger partial charge in [-0.1, -0.05) is 12.1 Å². The molecule has 3 aliphatic rings. The molecule has 0 saturated carbocycles. The molecule has 11 heteroatoms. The normalized spacial score (nSPS) is 19.2. The maximum Gasteiger partial charge on any atom is 0.342 e. The van der Waals surface area contributed by atoms with Crippen molar-refractivity contribution < 1.29 is 18.8 Å². The Bertz CT molecular complexity index is 1140. The number of urea groups is 1. The monoisotopic (exact) mass is 564 g/mol. The molecule has 0 radical (unpaired) electrons. The van der Waals surface area contributed by atoms with Crippen molar-refractivity contribution in [2.24, 2.45) is 0 Å². The predicted molar refractivity (Wildman–Crippen MR) is 126 cm³/mol. The second kappa shape index (κ2) is 8.86. The number of imide groups is 1. The van der Waals surface area contributed by atoms with Crippen LogP contribution >= 0.6 is 22.6 Å². The first-order valence-electron chi connectivity index (χ1n) is 10.7. The summed E-state index contributed by atoms with van der Waals surface area (Å²) in [5.74, 6) is -0.433. The number of nitrogens with zero attached hydrogens (tertiary/aromatic N) is 5. The Morgan fingerprint density at radius 2 is 1.82 bits per heavy atom. The lowest BCUT2D eigenvalue weighted by Gasteiger charge is -2.35. The summed E-state index contributed by atoms with van der Waals surface area (Å²) in [5, 5.41) is 4.96. The van der Waals surface area contributed by atoms with Crippen molar-refractivity contribution in [2.45, 2.75) is 19.5 Å². The molecule has 9 nitrogen and oxygen atoms in total. The van der Waals surface area contributed by atoms with Crippen molar-refractivity contribution in [3.8, 4) is 0 Å². The van der Waals surface area contributed by atoms with Gasteiger partial charge in [-0.2, -0.15) is 0 Å². The third kappa shape index (κ3) is 4.26. The van der Waals surface area contributed by atoms with Gasteiger partial charge in [0.15, 0.2) is 11.6 Å². The number of aromatic nitrogens is 1. The van der Waals surface area contributed by atoms with Gasteiger partial charge in [-0.25, -0.2) is 24.2 Å². The van der Waals surface area contributed by atoms with E-state index in [2.05, 4.69) is 15.2 Å². The number of nitrogens with one attached hydrogen (secondary N) is 1. The van der Waals surface area contributed by atoms with Crippen molar-refractivity contribution in [2.75, 3.05) is 37.6 Å². The number of hydrazine groups is 1. The van der Waals surface area contributed by atoms with Crippen molar-refractivity contribution in [1.82, 2.24) is 25.2 Å². The number of anilines is 1.